The van der Waals surface area contributed by atoms with Crippen molar-refractivity contribution in [3.63, 3.8) is 0 Å². The smallest absolute Gasteiger partial charge is 0.220 e. The van der Waals surface area contributed by atoms with Crippen molar-refractivity contribution in [1.29, 1.82) is 0 Å². The van der Waals surface area contributed by atoms with Gasteiger partial charge in [0.05, 0.1) is 6.61 Å². The van der Waals surface area contributed by atoms with Gasteiger partial charge in [0.2, 0.25) is 5.91 Å². The molecule has 4 heteroatoms. The molecule has 3 aromatic rings. The van der Waals surface area contributed by atoms with Crippen LogP contribution in [-0.4, -0.2) is 23.5 Å². The molecule has 0 aliphatic heterocycles. The van der Waals surface area contributed by atoms with E-state index in [1.807, 2.05) is 12.1 Å². The van der Waals surface area contributed by atoms with E-state index in [0.29, 0.717) is 13.0 Å². The number of ether oxygens (including phenoxy) is 1. The zero-order chi connectivity index (χ0) is 21.1. The summed E-state index contributed by atoms with van der Waals surface area (Å²) in [6, 6.07) is 16.9. The van der Waals surface area contributed by atoms with Crippen molar-refractivity contribution in [1.82, 2.24) is 10.3 Å². The van der Waals surface area contributed by atoms with Crippen molar-refractivity contribution in [3.8, 4) is 5.75 Å². The molecule has 0 saturated heterocycles. The van der Waals surface area contributed by atoms with Crippen molar-refractivity contribution in [2.75, 3.05) is 6.61 Å². The maximum Gasteiger partial charge on any atom is 0.220 e. The number of hydrogen-bond donors (Lipinski definition) is 2. The molecule has 1 aromatic heterocycles. The maximum absolute atomic E-state index is 12.4. The molecule has 1 amide bonds. The van der Waals surface area contributed by atoms with Crippen molar-refractivity contribution < 1.29 is 9.53 Å². The zero-order valence-corrected chi connectivity index (χ0v) is 18.3. The monoisotopic (exact) mass is 404 g/mol. The molecule has 0 saturated carbocycles. The molecule has 30 heavy (non-hydrogen) atoms. The van der Waals surface area contributed by atoms with Crippen LogP contribution in [0.25, 0.3) is 10.9 Å². The lowest BCUT2D eigenvalue weighted by molar-refractivity contribution is -0.122. The van der Waals surface area contributed by atoms with Gasteiger partial charge in [-0.3, -0.25) is 4.79 Å². The van der Waals surface area contributed by atoms with E-state index in [4.69, 9.17) is 4.74 Å². The molecule has 1 unspecified atom stereocenters. The van der Waals surface area contributed by atoms with Gasteiger partial charge in [0.1, 0.15) is 5.75 Å². The SMILES string of the molecule is CC(C)(C)c1ccc(OCCCC(=O)NC2CCc3c([nH]c4ccccc34)C2)cc1. The van der Waals surface area contributed by atoms with Gasteiger partial charge < -0.3 is 15.0 Å². The molecule has 0 fully saturated rings. The molecular formula is C26H32N2O2. The van der Waals surface area contributed by atoms with Gasteiger partial charge in [0, 0.05) is 35.5 Å². The number of aromatic nitrogens is 1. The summed E-state index contributed by atoms with van der Waals surface area (Å²) in [5.74, 6) is 0.980. The summed E-state index contributed by atoms with van der Waals surface area (Å²) in [6.07, 6.45) is 4.11. The fraction of sp³-hybridized carbons (Fsp3) is 0.423. The Labute approximate surface area is 179 Å². The molecule has 0 spiro atoms. The second-order valence-electron chi connectivity index (χ2n) is 9.36. The Balaban J connectivity index is 1.21. The van der Waals surface area contributed by atoms with E-state index >= 15 is 0 Å². The lowest BCUT2D eigenvalue weighted by Gasteiger charge is -2.23. The van der Waals surface area contributed by atoms with E-state index in [-0.39, 0.29) is 17.4 Å². The quantitative estimate of drug-likeness (QED) is 0.548. The molecule has 1 heterocycles. The molecule has 4 rings (SSSR count). The second-order valence-corrected chi connectivity index (χ2v) is 9.36. The van der Waals surface area contributed by atoms with E-state index < -0.39 is 0 Å². The first-order valence-electron chi connectivity index (χ1n) is 11.0. The number of rotatable bonds is 6. The van der Waals surface area contributed by atoms with Crippen molar-refractivity contribution in [2.45, 2.75) is 64.3 Å². The number of aromatic amines is 1. The van der Waals surface area contributed by atoms with E-state index in [1.54, 1.807) is 0 Å². The van der Waals surface area contributed by atoms with Gasteiger partial charge in [0.25, 0.3) is 0 Å². The minimum Gasteiger partial charge on any atom is -0.494 e. The summed E-state index contributed by atoms with van der Waals surface area (Å²) in [5, 5.41) is 4.54. The van der Waals surface area contributed by atoms with Gasteiger partial charge in [-0.05, 0) is 54.0 Å². The molecule has 0 radical (unpaired) electrons. The molecule has 1 aliphatic rings. The van der Waals surface area contributed by atoms with Gasteiger partial charge >= 0.3 is 0 Å². The highest BCUT2D eigenvalue weighted by atomic mass is 16.5. The average molecular weight is 405 g/mol. The highest BCUT2D eigenvalue weighted by molar-refractivity contribution is 5.85. The Hall–Kier alpha value is -2.75. The fourth-order valence-corrected chi connectivity index (χ4v) is 4.28. The summed E-state index contributed by atoms with van der Waals surface area (Å²) in [4.78, 5) is 15.9. The highest BCUT2D eigenvalue weighted by Gasteiger charge is 2.23. The molecule has 4 nitrogen and oxygen atoms in total. The topological polar surface area (TPSA) is 54.1 Å². The van der Waals surface area contributed by atoms with Crippen LogP contribution < -0.4 is 10.1 Å². The summed E-state index contributed by atoms with van der Waals surface area (Å²) < 4.78 is 5.81. The lowest BCUT2D eigenvalue weighted by atomic mass is 9.87. The number of carbonyl (C=O) groups is 1. The average Bonchev–Trinajstić information content (AvgIpc) is 3.08. The van der Waals surface area contributed by atoms with Crippen LogP contribution in [0.3, 0.4) is 0 Å². The number of benzene rings is 2. The zero-order valence-electron chi connectivity index (χ0n) is 18.3. The number of para-hydroxylation sites is 1. The Morgan fingerprint density at radius 2 is 1.90 bits per heavy atom. The number of H-pyrrole nitrogens is 1. The van der Waals surface area contributed by atoms with Gasteiger partial charge in [-0.25, -0.2) is 0 Å². The van der Waals surface area contributed by atoms with E-state index in [0.717, 1.165) is 31.4 Å². The van der Waals surface area contributed by atoms with Crippen LogP contribution in [0.2, 0.25) is 0 Å². The van der Waals surface area contributed by atoms with Gasteiger partial charge in [-0.1, -0.05) is 51.1 Å². The largest absolute Gasteiger partial charge is 0.494 e. The van der Waals surface area contributed by atoms with Crippen LogP contribution in [0.15, 0.2) is 48.5 Å². The summed E-state index contributed by atoms with van der Waals surface area (Å²) >= 11 is 0. The molecule has 0 bridgehead atoms. The molecule has 2 N–H and O–H groups in total. The van der Waals surface area contributed by atoms with E-state index in [2.05, 4.69) is 67.5 Å². The second kappa shape index (κ2) is 8.55. The molecular weight excluding hydrogens is 372 g/mol. The van der Waals surface area contributed by atoms with Crippen LogP contribution >= 0.6 is 0 Å². The van der Waals surface area contributed by atoms with Crippen LogP contribution in [0.5, 0.6) is 5.75 Å². The van der Waals surface area contributed by atoms with Crippen LogP contribution in [0.1, 0.15) is 56.9 Å². The fourth-order valence-electron chi connectivity index (χ4n) is 4.28. The summed E-state index contributed by atoms with van der Waals surface area (Å²) in [7, 11) is 0. The minimum absolute atomic E-state index is 0.117. The van der Waals surface area contributed by atoms with Crippen molar-refractivity contribution >= 4 is 16.8 Å². The first kappa shape index (κ1) is 20.5. The first-order valence-corrected chi connectivity index (χ1v) is 11.0. The number of aryl methyl sites for hydroxylation is 1. The van der Waals surface area contributed by atoms with Gasteiger partial charge in [-0.2, -0.15) is 0 Å². The Kier molecular flexibility index (Phi) is 5.85. The molecule has 1 atom stereocenters. The Bertz CT molecular complexity index is 1010. The van der Waals surface area contributed by atoms with Crippen LogP contribution in [0.4, 0.5) is 0 Å². The Morgan fingerprint density at radius 3 is 2.67 bits per heavy atom. The van der Waals surface area contributed by atoms with Crippen molar-refractivity contribution in [3.05, 3.63) is 65.4 Å². The highest BCUT2D eigenvalue weighted by Crippen LogP contribution is 2.29. The third kappa shape index (κ3) is 4.69. The number of carbonyl (C=O) groups excluding carboxylic acids is 1. The predicted molar refractivity (Wildman–Crippen MR) is 122 cm³/mol. The van der Waals surface area contributed by atoms with Gasteiger partial charge in [-0.15, -0.1) is 0 Å². The van der Waals surface area contributed by atoms with Crippen molar-refractivity contribution in [2.24, 2.45) is 0 Å². The number of fused-ring (bicyclic) bond motifs is 3. The van der Waals surface area contributed by atoms with Gasteiger partial charge in [0.15, 0.2) is 0 Å². The standard InChI is InChI=1S/C26H32N2O2/c1-26(2,3)18-10-13-20(14-11-18)30-16-6-9-25(29)27-19-12-15-22-21-7-4-5-8-23(21)28-24(22)17-19/h4-5,7-8,10-11,13-14,19,28H,6,9,12,15-17H2,1-3H3,(H,27,29). The molecule has 2 aromatic carbocycles. The molecule has 1 aliphatic carbocycles. The van der Waals surface area contributed by atoms with E-state index in [1.165, 1.54) is 27.7 Å². The van der Waals surface area contributed by atoms with E-state index in [9.17, 15) is 4.79 Å². The summed E-state index contributed by atoms with van der Waals surface area (Å²) in [5.41, 5.74) is 5.32. The minimum atomic E-state index is 0.117. The first-order chi connectivity index (χ1) is 14.4. The lowest BCUT2D eigenvalue weighted by Crippen LogP contribution is -2.38. The number of nitrogens with one attached hydrogen (secondary N) is 2. The van der Waals surface area contributed by atoms with Crippen LogP contribution in [-0.2, 0) is 23.1 Å². The third-order valence-corrected chi connectivity index (χ3v) is 6.00. The normalized spacial score (nSPS) is 16.3. The predicted octanol–water partition coefficient (Wildman–Crippen LogP) is 5.30. The maximum atomic E-state index is 12.4. The third-order valence-electron chi connectivity index (χ3n) is 6.00. The number of hydrogen-bond acceptors (Lipinski definition) is 2. The summed E-state index contributed by atoms with van der Waals surface area (Å²) in [6.45, 7) is 7.16. The molecule has 158 valence electrons. The number of amides is 1. The Morgan fingerprint density at radius 1 is 1.13 bits per heavy atom. The van der Waals surface area contributed by atoms with Crippen LogP contribution in [0, 0.1) is 0 Å².